The number of carbonyl (C=O) groups excluding carboxylic acids is 1. The van der Waals surface area contributed by atoms with E-state index < -0.39 is 11.7 Å². The fraction of sp³-hybridized carbons (Fsp3) is 0.0909. The van der Waals surface area contributed by atoms with Crippen LogP contribution in [0.25, 0.3) is 0 Å². The van der Waals surface area contributed by atoms with Gasteiger partial charge in [-0.1, -0.05) is 0 Å². The Hall–Kier alpha value is -1.89. The summed E-state index contributed by atoms with van der Waals surface area (Å²) < 4.78 is 13.6. The molecule has 0 aliphatic rings. The molecule has 0 aliphatic carbocycles. The van der Waals surface area contributed by atoms with Crippen molar-refractivity contribution in [1.82, 2.24) is 10.2 Å². The normalized spacial score (nSPS) is 10.4. The largest absolute Gasteiger partial charge is 0.382 e. The van der Waals surface area contributed by atoms with Gasteiger partial charge >= 0.3 is 0 Å². The molecule has 2 rings (SSSR count). The monoisotopic (exact) mass is 312 g/mol. The summed E-state index contributed by atoms with van der Waals surface area (Å²) in [6, 6.07) is 4.31. The van der Waals surface area contributed by atoms with Gasteiger partial charge < -0.3 is 11.1 Å². The fourth-order valence-electron chi connectivity index (χ4n) is 1.50. The number of nitrogens with two attached hydrogens (primary N) is 1. The van der Waals surface area contributed by atoms with Crippen LogP contribution in [0.4, 0.5) is 15.9 Å². The number of halogens is 2. The highest BCUT2D eigenvalue weighted by atomic mass is 79.9. The number of nitrogens with one attached hydrogen (secondary N) is 2. The van der Waals surface area contributed by atoms with Crippen molar-refractivity contribution in [2.75, 3.05) is 11.1 Å². The number of aromatic amines is 1. The molecule has 4 N–H and O–H groups in total. The molecule has 18 heavy (non-hydrogen) atoms. The molecular formula is C11H10BrFN4O. The van der Waals surface area contributed by atoms with Gasteiger partial charge in [0.2, 0.25) is 0 Å². The minimum atomic E-state index is -0.454. The Morgan fingerprint density at radius 2 is 2.28 bits per heavy atom. The molecule has 0 aliphatic heterocycles. The average Bonchev–Trinajstić information content (AvgIpc) is 2.64. The van der Waals surface area contributed by atoms with Crippen molar-refractivity contribution < 1.29 is 9.18 Å². The Kier molecular flexibility index (Phi) is 3.33. The van der Waals surface area contributed by atoms with Crippen molar-refractivity contribution in [3.63, 3.8) is 0 Å². The summed E-state index contributed by atoms with van der Waals surface area (Å²) in [6.07, 6.45) is 0. The first kappa shape index (κ1) is 12.6. The molecule has 0 atom stereocenters. The van der Waals surface area contributed by atoms with Crippen LogP contribution in [-0.2, 0) is 0 Å². The van der Waals surface area contributed by atoms with Crippen LogP contribution in [0.15, 0.2) is 22.7 Å². The lowest BCUT2D eigenvalue weighted by Crippen LogP contribution is -2.14. The SMILES string of the molecule is Cc1[nH]nc(N)c1C(=O)Nc1ccc(Br)c(F)c1. The van der Waals surface area contributed by atoms with Gasteiger partial charge in [0.1, 0.15) is 11.4 Å². The van der Waals surface area contributed by atoms with E-state index in [1.807, 2.05) is 0 Å². The molecule has 0 saturated carbocycles. The van der Waals surface area contributed by atoms with Gasteiger partial charge in [0.25, 0.3) is 5.91 Å². The van der Waals surface area contributed by atoms with Crippen LogP contribution in [0, 0.1) is 12.7 Å². The quantitative estimate of drug-likeness (QED) is 0.796. The number of hydrogen-bond acceptors (Lipinski definition) is 3. The second-order valence-corrected chi connectivity index (χ2v) is 4.55. The van der Waals surface area contributed by atoms with Crippen LogP contribution in [0.1, 0.15) is 16.1 Å². The molecule has 1 heterocycles. The Morgan fingerprint density at radius 3 is 2.83 bits per heavy atom. The van der Waals surface area contributed by atoms with E-state index in [0.717, 1.165) is 0 Å². The minimum absolute atomic E-state index is 0.114. The van der Waals surface area contributed by atoms with E-state index in [4.69, 9.17) is 5.73 Å². The molecule has 2 aromatic rings. The molecule has 0 saturated heterocycles. The maximum absolute atomic E-state index is 13.3. The van der Waals surface area contributed by atoms with Crippen molar-refractivity contribution in [2.45, 2.75) is 6.92 Å². The highest BCUT2D eigenvalue weighted by molar-refractivity contribution is 9.10. The number of H-pyrrole nitrogens is 1. The standard InChI is InChI=1S/C11H10BrFN4O/c1-5-9(10(14)17-16-5)11(18)15-6-2-3-7(12)8(13)4-6/h2-4H,1H3,(H,15,18)(H3,14,16,17). The number of aromatic nitrogens is 2. The number of hydrogen-bond donors (Lipinski definition) is 3. The van der Waals surface area contributed by atoms with Crippen molar-refractivity contribution in [2.24, 2.45) is 0 Å². The number of nitrogens with zero attached hydrogens (tertiary/aromatic N) is 1. The smallest absolute Gasteiger partial charge is 0.261 e. The third kappa shape index (κ3) is 2.35. The van der Waals surface area contributed by atoms with E-state index in [9.17, 15) is 9.18 Å². The zero-order chi connectivity index (χ0) is 13.3. The van der Waals surface area contributed by atoms with Gasteiger partial charge in [-0.25, -0.2) is 4.39 Å². The Bertz CT molecular complexity index is 592. The van der Waals surface area contributed by atoms with Crippen LogP contribution in [0.2, 0.25) is 0 Å². The first-order valence-corrected chi connectivity index (χ1v) is 5.85. The predicted octanol–water partition coefficient (Wildman–Crippen LogP) is 2.45. The Morgan fingerprint density at radius 1 is 1.56 bits per heavy atom. The van der Waals surface area contributed by atoms with Crippen LogP contribution < -0.4 is 11.1 Å². The number of anilines is 2. The summed E-state index contributed by atoms with van der Waals surface area (Å²) in [5.41, 5.74) is 6.73. The van der Waals surface area contributed by atoms with Crippen molar-refractivity contribution in [3.05, 3.63) is 39.7 Å². The predicted molar refractivity (Wildman–Crippen MR) is 69.8 cm³/mol. The average molecular weight is 313 g/mol. The van der Waals surface area contributed by atoms with Gasteiger partial charge in [0.15, 0.2) is 5.82 Å². The molecule has 5 nitrogen and oxygen atoms in total. The number of nitrogen functional groups attached to an aromatic ring is 1. The van der Waals surface area contributed by atoms with Gasteiger partial charge in [-0.3, -0.25) is 9.89 Å². The van der Waals surface area contributed by atoms with Crippen LogP contribution in [-0.4, -0.2) is 16.1 Å². The molecule has 7 heteroatoms. The number of amides is 1. The number of benzene rings is 1. The zero-order valence-electron chi connectivity index (χ0n) is 9.42. The van der Waals surface area contributed by atoms with Gasteiger partial charge in [0, 0.05) is 11.4 Å². The van der Waals surface area contributed by atoms with Crippen molar-refractivity contribution in [3.8, 4) is 0 Å². The zero-order valence-corrected chi connectivity index (χ0v) is 11.0. The summed E-state index contributed by atoms with van der Waals surface area (Å²) in [6.45, 7) is 1.68. The lowest BCUT2D eigenvalue weighted by molar-refractivity contribution is 0.102. The Labute approximate surface area is 111 Å². The lowest BCUT2D eigenvalue weighted by atomic mass is 10.2. The van der Waals surface area contributed by atoms with Crippen LogP contribution in [0.5, 0.6) is 0 Å². The molecule has 0 spiro atoms. The summed E-state index contributed by atoms with van der Waals surface area (Å²) >= 11 is 3.03. The molecule has 0 unspecified atom stereocenters. The van der Waals surface area contributed by atoms with Crippen LogP contribution in [0.3, 0.4) is 0 Å². The third-order valence-electron chi connectivity index (χ3n) is 2.38. The first-order chi connectivity index (χ1) is 8.49. The summed E-state index contributed by atoms with van der Waals surface area (Å²) in [5.74, 6) is -0.771. The highest BCUT2D eigenvalue weighted by Crippen LogP contribution is 2.21. The van der Waals surface area contributed by atoms with Gasteiger partial charge in [-0.05, 0) is 41.1 Å². The number of aryl methyl sites for hydroxylation is 1. The van der Waals surface area contributed by atoms with E-state index in [-0.39, 0.29) is 11.4 Å². The molecule has 94 valence electrons. The summed E-state index contributed by atoms with van der Waals surface area (Å²) in [4.78, 5) is 11.9. The molecular weight excluding hydrogens is 303 g/mol. The molecule has 1 aromatic carbocycles. The van der Waals surface area contributed by atoms with E-state index in [1.165, 1.54) is 12.1 Å². The van der Waals surface area contributed by atoms with E-state index in [0.29, 0.717) is 15.9 Å². The lowest BCUT2D eigenvalue weighted by Gasteiger charge is -2.05. The van der Waals surface area contributed by atoms with E-state index in [1.54, 1.807) is 13.0 Å². The van der Waals surface area contributed by atoms with Crippen molar-refractivity contribution >= 4 is 33.3 Å². The third-order valence-corrected chi connectivity index (χ3v) is 3.02. The molecule has 1 aromatic heterocycles. The van der Waals surface area contributed by atoms with E-state index in [2.05, 4.69) is 31.4 Å². The maximum Gasteiger partial charge on any atom is 0.261 e. The van der Waals surface area contributed by atoms with Gasteiger partial charge in [-0.2, -0.15) is 5.10 Å². The summed E-state index contributed by atoms with van der Waals surface area (Å²) in [7, 11) is 0. The van der Waals surface area contributed by atoms with Crippen LogP contribution >= 0.6 is 15.9 Å². The van der Waals surface area contributed by atoms with Gasteiger partial charge in [-0.15, -0.1) is 0 Å². The van der Waals surface area contributed by atoms with Crippen molar-refractivity contribution in [1.29, 1.82) is 0 Å². The second-order valence-electron chi connectivity index (χ2n) is 3.69. The van der Waals surface area contributed by atoms with Gasteiger partial charge in [0.05, 0.1) is 4.47 Å². The molecule has 0 bridgehead atoms. The Balaban J connectivity index is 2.24. The number of carbonyl (C=O) groups is 1. The minimum Gasteiger partial charge on any atom is -0.382 e. The molecule has 0 radical (unpaired) electrons. The fourth-order valence-corrected chi connectivity index (χ4v) is 1.75. The maximum atomic E-state index is 13.3. The first-order valence-electron chi connectivity index (χ1n) is 5.06. The second kappa shape index (κ2) is 4.77. The number of rotatable bonds is 2. The molecule has 1 amide bonds. The topological polar surface area (TPSA) is 83.8 Å². The summed E-state index contributed by atoms with van der Waals surface area (Å²) in [5, 5.41) is 8.88. The van der Waals surface area contributed by atoms with E-state index >= 15 is 0 Å². The highest BCUT2D eigenvalue weighted by Gasteiger charge is 2.16. The molecule has 0 fully saturated rings.